The van der Waals surface area contributed by atoms with E-state index in [1.807, 2.05) is 12.1 Å². The third kappa shape index (κ3) is 1.34. The van der Waals surface area contributed by atoms with Crippen molar-refractivity contribution in [2.24, 2.45) is 0 Å². The zero-order valence-electron chi connectivity index (χ0n) is 9.09. The number of hydrogen-bond acceptors (Lipinski definition) is 1. The van der Waals surface area contributed by atoms with Gasteiger partial charge < -0.3 is 4.57 Å². The van der Waals surface area contributed by atoms with E-state index >= 15 is 0 Å². The second kappa shape index (κ2) is 3.45. The van der Waals surface area contributed by atoms with E-state index in [0.29, 0.717) is 0 Å². The summed E-state index contributed by atoms with van der Waals surface area (Å²) in [6.07, 6.45) is 4.36. The normalized spacial score (nSPS) is 14.4. The van der Waals surface area contributed by atoms with Gasteiger partial charge in [0.1, 0.15) is 0 Å². The fraction of sp³-hybridized carbons (Fsp3) is 0.308. The number of carbonyl (C=O) groups excluding carboxylic acids is 1. The van der Waals surface area contributed by atoms with Gasteiger partial charge in [-0.1, -0.05) is 0 Å². The van der Waals surface area contributed by atoms with Gasteiger partial charge in [0, 0.05) is 28.2 Å². The molecule has 16 heavy (non-hydrogen) atoms. The summed E-state index contributed by atoms with van der Waals surface area (Å²) in [4.78, 5) is 11.5. The highest BCUT2D eigenvalue weighted by molar-refractivity contribution is 9.10. The molecule has 2 aromatic rings. The van der Waals surface area contributed by atoms with Crippen molar-refractivity contribution >= 4 is 32.6 Å². The maximum Gasteiger partial charge on any atom is 0.159 e. The molecule has 3 rings (SSSR count). The van der Waals surface area contributed by atoms with Crippen LogP contribution in [-0.2, 0) is 13.0 Å². The zero-order valence-corrected chi connectivity index (χ0v) is 10.7. The molecule has 3 heteroatoms. The number of rotatable bonds is 1. The summed E-state index contributed by atoms with van der Waals surface area (Å²) in [6.45, 7) is 2.70. The Morgan fingerprint density at radius 3 is 3.00 bits per heavy atom. The number of Topliss-reactive ketones (excluding diaryl/α,β-unsaturated/α-hetero) is 1. The number of ketones is 1. The van der Waals surface area contributed by atoms with E-state index in [1.54, 1.807) is 6.92 Å². The van der Waals surface area contributed by atoms with E-state index in [-0.39, 0.29) is 5.78 Å². The summed E-state index contributed by atoms with van der Waals surface area (Å²) in [7, 11) is 0. The van der Waals surface area contributed by atoms with Crippen LogP contribution in [0.3, 0.4) is 0 Å². The number of hydrogen-bond donors (Lipinski definition) is 0. The lowest BCUT2D eigenvalue weighted by molar-refractivity contribution is 0.101. The molecule has 0 atom stereocenters. The van der Waals surface area contributed by atoms with E-state index in [9.17, 15) is 4.79 Å². The second-order valence-electron chi connectivity index (χ2n) is 4.36. The number of aromatic nitrogens is 1. The van der Waals surface area contributed by atoms with Crippen molar-refractivity contribution in [2.45, 2.75) is 26.3 Å². The lowest BCUT2D eigenvalue weighted by atomic mass is 9.99. The fourth-order valence-electron chi connectivity index (χ4n) is 2.50. The predicted molar refractivity (Wildman–Crippen MR) is 68.0 cm³/mol. The number of benzene rings is 1. The van der Waals surface area contributed by atoms with E-state index in [0.717, 1.165) is 29.4 Å². The maximum absolute atomic E-state index is 11.5. The molecule has 0 saturated carbocycles. The van der Waals surface area contributed by atoms with E-state index in [2.05, 4.69) is 26.7 Å². The number of aryl methyl sites for hydroxylation is 2. The summed E-state index contributed by atoms with van der Waals surface area (Å²) >= 11 is 3.57. The summed E-state index contributed by atoms with van der Waals surface area (Å²) in [6, 6.07) is 4.04. The minimum atomic E-state index is 0.142. The minimum Gasteiger partial charge on any atom is -0.346 e. The average molecular weight is 278 g/mol. The van der Waals surface area contributed by atoms with Gasteiger partial charge in [-0.3, -0.25) is 4.79 Å². The van der Waals surface area contributed by atoms with Crippen molar-refractivity contribution in [1.29, 1.82) is 0 Å². The molecular weight excluding hydrogens is 266 g/mol. The molecule has 0 unspecified atom stereocenters. The van der Waals surface area contributed by atoms with Crippen molar-refractivity contribution in [3.8, 4) is 0 Å². The van der Waals surface area contributed by atoms with Gasteiger partial charge in [0.2, 0.25) is 0 Å². The van der Waals surface area contributed by atoms with Crippen molar-refractivity contribution in [3.63, 3.8) is 0 Å². The van der Waals surface area contributed by atoms with Gasteiger partial charge >= 0.3 is 0 Å². The average Bonchev–Trinajstić information content (AvgIpc) is 2.58. The van der Waals surface area contributed by atoms with Gasteiger partial charge in [-0.15, -0.1) is 0 Å². The Balaban J connectivity index is 2.41. The molecule has 1 aromatic carbocycles. The lowest BCUT2D eigenvalue weighted by Gasteiger charge is -2.16. The van der Waals surface area contributed by atoms with Gasteiger partial charge in [-0.2, -0.15) is 0 Å². The van der Waals surface area contributed by atoms with Gasteiger partial charge in [-0.25, -0.2) is 0 Å². The number of halogens is 1. The molecular formula is C13H12BrNO. The molecule has 2 nitrogen and oxygen atoms in total. The zero-order chi connectivity index (χ0) is 11.3. The summed E-state index contributed by atoms with van der Waals surface area (Å²) in [5.74, 6) is 0.142. The Morgan fingerprint density at radius 1 is 1.44 bits per heavy atom. The molecule has 0 aliphatic carbocycles. The standard InChI is InChI=1S/C13H12BrNO/c1-8(16)10-5-9-3-2-4-15-7-12(14)11(6-10)13(9)15/h5-7H,2-4H2,1H3. The van der Waals surface area contributed by atoms with Crippen LogP contribution in [0.1, 0.15) is 29.3 Å². The topological polar surface area (TPSA) is 22.0 Å². The Bertz CT molecular complexity index is 597. The molecule has 0 fully saturated rings. The molecule has 0 spiro atoms. The highest BCUT2D eigenvalue weighted by Crippen LogP contribution is 2.33. The first-order valence-corrected chi connectivity index (χ1v) is 6.28. The summed E-state index contributed by atoms with van der Waals surface area (Å²) in [5.41, 5.74) is 3.42. The summed E-state index contributed by atoms with van der Waals surface area (Å²) in [5, 5.41) is 1.17. The maximum atomic E-state index is 11.5. The highest BCUT2D eigenvalue weighted by atomic mass is 79.9. The monoisotopic (exact) mass is 277 g/mol. The van der Waals surface area contributed by atoms with Crippen LogP contribution in [0, 0.1) is 0 Å². The van der Waals surface area contributed by atoms with E-state index < -0.39 is 0 Å². The van der Waals surface area contributed by atoms with Gasteiger partial charge in [0.05, 0.1) is 5.52 Å². The molecule has 2 heterocycles. The van der Waals surface area contributed by atoms with Crippen LogP contribution < -0.4 is 0 Å². The van der Waals surface area contributed by atoms with Crippen LogP contribution in [0.25, 0.3) is 10.9 Å². The lowest BCUT2D eigenvalue weighted by Crippen LogP contribution is -2.07. The molecule has 0 saturated heterocycles. The Labute approximate surface area is 102 Å². The first-order chi connectivity index (χ1) is 7.66. The van der Waals surface area contributed by atoms with Crippen molar-refractivity contribution in [3.05, 3.63) is 33.9 Å². The Morgan fingerprint density at radius 2 is 2.25 bits per heavy atom. The van der Waals surface area contributed by atoms with Crippen LogP contribution in [0.5, 0.6) is 0 Å². The van der Waals surface area contributed by atoms with Crippen molar-refractivity contribution in [2.75, 3.05) is 0 Å². The van der Waals surface area contributed by atoms with Gasteiger partial charge in [0.15, 0.2) is 5.78 Å². The SMILES string of the molecule is CC(=O)c1cc2c3c(c1)c(Br)cn3CCC2. The van der Waals surface area contributed by atoms with Crippen molar-refractivity contribution < 1.29 is 4.79 Å². The first-order valence-electron chi connectivity index (χ1n) is 5.49. The smallest absolute Gasteiger partial charge is 0.159 e. The fourth-order valence-corrected chi connectivity index (χ4v) is 3.05. The van der Waals surface area contributed by atoms with Crippen LogP contribution in [-0.4, -0.2) is 10.4 Å². The van der Waals surface area contributed by atoms with Crippen LogP contribution in [0.15, 0.2) is 22.8 Å². The van der Waals surface area contributed by atoms with Crippen molar-refractivity contribution in [1.82, 2.24) is 4.57 Å². The third-order valence-corrected chi connectivity index (χ3v) is 3.89. The van der Waals surface area contributed by atoms with Gasteiger partial charge in [-0.05, 0) is 53.4 Å². The Kier molecular flexibility index (Phi) is 2.18. The largest absolute Gasteiger partial charge is 0.346 e. The highest BCUT2D eigenvalue weighted by Gasteiger charge is 2.17. The van der Waals surface area contributed by atoms with Gasteiger partial charge in [0.25, 0.3) is 0 Å². The minimum absolute atomic E-state index is 0.142. The second-order valence-corrected chi connectivity index (χ2v) is 5.22. The first kappa shape index (κ1) is 10.1. The van der Waals surface area contributed by atoms with E-state index in [1.165, 1.54) is 16.5 Å². The predicted octanol–water partition coefficient (Wildman–Crippen LogP) is 3.55. The Hall–Kier alpha value is -1.09. The number of nitrogens with zero attached hydrogens (tertiary/aromatic N) is 1. The molecule has 0 amide bonds. The molecule has 0 radical (unpaired) electrons. The molecule has 1 aliphatic heterocycles. The molecule has 82 valence electrons. The third-order valence-electron chi connectivity index (χ3n) is 3.25. The molecule has 1 aromatic heterocycles. The summed E-state index contributed by atoms with van der Waals surface area (Å²) < 4.78 is 3.37. The van der Waals surface area contributed by atoms with Crippen LogP contribution in [0.2, 0.25) is 0 Å². The molecule has 0 bridgehead atoms. The quantitative estimate of drug-likeness (QED) is 0.731. The van der Waals surface area contributed by atoms with Crippen LogP contribution in [0.4, 0.5) is 0 Å². The van der Waals surface area contributed by atoms with E-state index in [4.69, 9.17) is 0 Å². The molecule has 0 N–H and O–H groups in total. The number of carbonyl (C=O) groups is 1. The molecule has 1 aliphatic rings. The van der Waals surface area contributed by atoms with Crippen LogP contribution >= 0.6 is 15.9 Å².